The maximum absolute atomic E-state index is 10.4. The highest BCUT2D eigenvalue weighted by molar-refractivity contribution is 7.60. The number of hydroxylamine groups is 1. The molecule has 0 aromatic carbocycles. The molecule has 0 aliphatic rings. The molecule has 0 bridgehead atoms. The van der Waals surface area contributed by atoms with Gasteiger partial charge in [-0.2, -0.15) is 14.4 Å². The maximum Gasteiger partial charge on any atom is 0.497 e. The first-order valence-corrected chi connectivity index (χ1v) is 5.24. The van der Waals surface area contributed by atoms with Crippen LogP contribution in [0.25, 0.3) is 0 Å². The van der Waals surface area contributed by atoms with Crippen LogP contribution in [-0.2, 0) is 18.1 Å². The average molecular weight is 207 g/mol. The van der Waals surface area contributed by atoms with E-state index in [1.54, 1.807) is 5.48 Å². The van der Waals surface area contributed by atoms with Gasteiger partial charge in [0.05, 0.1) is 0 Å². The molecule has 0 aromatic heterocycles. The Bertz CT molecular complexity index is 206. The SMILES string of the molecule is CNOP(=O)(O)OP(=O)(O)O. The van der Waals surface area contributed by atoms with Crippen LogP contribution in [0, 0.1) is 0 Å². The highest BCUT2D eigenvalue weighted by Gasteiger charge is 2.32. The normalized spacial score (nSPS) is 17.8. The van der Waals surface area contributed by atoms with Crippen LogP contribution in [-0.4, -0.2) is 21.7 Å². The molecule has 0 saturated heterocycles. The Morgan fingerprint density at radius 3 is 2.00 bits per heavy atom. The van der Waals surface area contributed by atoms with Crippen molar-refractivity contribution in [1.82, 2.24) is 5.48 Å². The maximum atomic E-state index is 10.4. The van der Waals surface area contributed by atoms with Crippen LogP contribution in [0.4, 0.5) is 0 Å². The third kappa shape index (κ3) is 6.61. The number of phosphoric acid groups is 2. The molecule has 8 nitrogen and oxygen atoms in total. The lowest BCUT2D eigenvalue weighted by molar-refractivity contribution is 0.133. The summed E-state index contributed by atoms with van der Waals surface area (Å²) in [5, 5.41) is 0. The molecule has 0 aliphatic carbocycles. The van der Waals surface area contributed by atoms with Crippen LogP contribution in [0.1, 0.15) is 0 Å². The molecule has 11 heavy (non-hydrogen) atoms. The molecule has 0 heterocycles. The fourth-order valence-corrected chi connectivity index (χ4v) is 1.71. The molecule has 1 unspecified atom stereocenters. The number of hydrogen-bond acceptors (Lipinski definition) is 5. The van der Waals surface area contributed by atoms with E-state index in [1.807, 2.05) is 0 Å². The van der Waals surface area contributed by atoms with Crippen LogP contribution >= 0.6 is 15.6 Å². The predicted octanol–water partition coefficient (Wildman–Crippen LogP) is -0.653. The van der Waals surface area contributed by atoms with Gasteiger partial charge in [-0.05, 0) is 0 Å². The molecule has 0 radical (unpaired) electrons. The Kier molecular flexibility index (Phi) is 3.83. The molecule has 1 atom stereocenters. The largest absolute Gasteiger partial charge is 0.497 e. The lowest BCUT2D eigenvalue weighted by atomic mass is 11.6. The monoisotopic (exact) mass is 207 g/mol. The van der Waals surface area contributed by atoms with Gasteiger partial charge in [0.1, 0.15) is 0 Å². The quantitative estimate of drug-likeness (QED) is 0.353. The molecule has 68 valence electrons. The van der Waals surface area contributed by atoms with Crippen molar-refractivity contribution in [3.63, 3.8) is 0 Å². The van der Waals surface area contributed by atoms with Crippen molar-refractivity contribution in [2.75, 3.05) is 7.05 Å². The minimum absolute atomic E-state index is 1.13. The zero-order valence-electron chi connectivity index (χ0n) is 5.37. The van der Waals surface area contributed by atoms with E-state index < -0.39 is 15.6 Å². The summed E-state index contributed by atoms with van der Waals surface area (Å²) in [5.74, 6) is 0. The zero-order chi connectivity index (χ0) is 9.12. The van der Waals surface area contributed by atoms with Crippen molar-refractivity contribution in [3.8, 4) is 0 Å². The van der Waals surface area contributed by atoms with Gasteiger partial charge in [-0.25, -0.2) is 9.13 Å². The van der Waals surface area contributed by atoms with E-state index >= 15 is 0 Å². The first-order chi connectivity index (χ1) is 4.77. The average Bonchev–Trinajstić information content (AvgIpc) is 1.55. The highest BCUT2D eigenvalue weighted by atomic mass is 31.3. The summed E-state index contributed by atoms with van der Waals surface area (Å²) in [5.41, 5.74) is 1.75. The topological polar surface area (TPSA) is 125 Å². The summed E-state index contributed by atoms with van der Waals surface area (Å²) >= 11 is 0. The minimum Gasteiger partial charge on any atom is -0.302 e. The van der Waals surface area contributed by atoms with Gasteiger partial charge < -0.3 is 14.7 Å². The van der Waals surface area contributed by atoms with Crippen molar-refractivity contribution in [2.45, 2.75) is 0 Å². The lowest BCUT2D eigenvalue weighted by Gasteiger charge is -2.09. The van der Waals surface area contributed by atoms with Gasteiger partial charge >= 0.3 is 15.6 Å². The Morgan fingerprint density at radius 1 is 1.27 bits per heavy atom. The first kappa shape index (κ1) is 11.2. The van der Waals surface area contributed by atoms with E-state index in [0.717, 1.165) is 7.05 Å². The van der Waals surface area contributed by atoms with Gasteiger partial charge in [0.2, 0.25) is 0 Å². The van der Waals surface area contributed by atoms with Gasteiger partial charge in [-0.15, -0.1) is 0 Å². The smallest absolute Gasteiger partial charge is 0.302 e. The third-order valence-corrected chi connectivity index (χ3v) is 2.51. The molecule has 0 rings (SSSR count). The molecule has 0 aromatic rings. The van der Waals surface area contributed by atoms with E-state index in [0.29, 0.717) is 0 Å². The van der Waals surface area contributed by atoms with Crippen molar-refractivity contribution < 1.29 is 32.7 Å². The summed E-state index contributed by atoms with van der Waals surface area (Å²) in [7, 11) is -8.55. The van der Waals surface area contributed by atoms with Crippen LogP contribution in [0.2, 0.25) is 0 Å². The fraction of sp³-hybridized carbons (Fsp3) is 1.00. The molecule has 0 saturated carbocycles. The van der Waals surface area contributed by atoms with Crippen molar-refractivity contribution in [2.24, 2.45) is 0 Å². The lowest BCUT2D eigenvalue weighted by Crippen LogP contribution is -2.05. The van der Waals surface area contributed by atoms with E-state index in [-0.39, 0.29) is 0 Å². The molecular formula is CH7NO7P2. The zero-order valence-corrected chi connectivity index (χ0v) is 7.16. The Labute approximate surface area is 62.0 Å². The predicted molar refractivity (Wildman–Crippen MR) is 33.1 cm³/mol. The molecule has 0 amide bonds. The van der Waals surface area contributed by atoms with Crippen LogP contribution in [0.3, 0.4) is 0 Å². The fourth-order valence-electron chi connectivity index (χ4n) is 0.266. The highest BCUT2D eigenvalue weighted by Crippen LogP contribution is 2.56. The number of nitrogens with one attached hydrogen (secondary N) is 1. The first-order valence-electron chi connectivity index (χ1n) is 2.22. The van der Waals surface area contributed by atoms with E-state index in [2.05, 4.69) is 8.94 Å². The molecular weight excluding hydrogens is 200 g/mol. The second kappa shape index (κ2) is 3.75. The third-order valence-electron chi connectivity index (χ3n) is 0.416. The summed E-state index contributed by atoms with van der Waals surface area (Å²) in [6.07, 6.45) is 0. The van der Waals surface area contributed by atoms with Crippen molar-refractivity contribution >= 4 is 15.6 Å². The van der Waals surface area contributed by atoms with Crippen LogP contribution < -0.4 is 5.48 Å². The summed E-state index contributed by atoms with van der Waals surface area (Å²) in [6, 6.07) is 0. The van der Waals surface area contributed by atoms with Crippen molar-refractivity contribution in [3.05, 3.63) is 0 Å². The van der Waals surface area contributed by atoms with E-state index in [4.69, 9.17) is 14.7 Å². The second-order valence-corrected chi connectivity index (χ2v) is 4.09. The number of hydrogen-bond donors (Lipinski definition) is 4. The van der Waals surface area contributed by atoms with Gasteiger partial charge in [-0.3, -0.25) is 0 Å². The molecule has 0 spiro atoms. The van der Waals surface area contributed by atoms with Gasteiger partial charge in [0.25, 0.3) is 0 Å². The Balaban J connectivity index is 4.14. The van der Waals surface area contributed by atoms with Gasteiger partial charge in [0.15, 0.2) is 0 Å². The van der Waals surface area contributed by atoms with Crippen LogP contribution in [0.5, 0.6) is 0 Å². The summed E-state index contributed by atoms with van der Waals surface area (Å²) < 4.78 is 27.5. The van der Waals surface area contributed by atoms with E-state index in [1.165, 1.54) is 0 Å². The molecule has 0 fully saturated rings. The van der Waals surface area contributed by atoms with Gasteiger partial charge in [-0.1, -0.05) is 0 Å². The summed E-state index contributed by atoms with van der Waals surface area (Å²) in [4.78, 5) is 24.5. The molecule has 4 N–H and O–H groups in total. The number of rotatable bonds is 4. The molecule has 10 heteroatoms. The van der Waals surface area contributed by atoms with E-state index in [9.17, 15) is 9.13 Å². The standard InChI is InChI=1S/CH7NO7P2/c1-2-8-11(6,7)9-10(3,4)5/h2H,1H3,(H,6,7)(H2,3,4,5). The van der Waals surface area contributed by atoms with Gasteiger partial charge in [0, 0.05) is 7.05 Å². The minimum atomic E-state index is -5.00. The Morgan fingerprint density at radius 2 is 1.73 bits per heavy atom. The van der Waals surface area contributed by atoms with Crippen LogP contribution in [0.15, 0.2) is 0 Å². The Hall–Kier alpha value is 0.220. The molecule has 0 aliphatic heterocycles. The summed E-state index contributed by atoms with van der Waals surface area (Å²) in [6.45, 7) is 0. The second-order valence-electron chi connectivity index (χ2n) is 1.34. The van der Waals surface area contributed by atoms with Crippen molar-refractivity contribution in [1.29, 1.82) is 0 Å².